The molecule has 0 unspecified atom stereocenters. The van der Waals surface area contributed by atoms with Crippen molar-refractivity contribution in [3.05, 3.63) is 95.6 Å². The first-order valence-corrected chi connectivity index (χ1v) is 17.5. The fraction of sp³-hybridized carbons (Fsp3) is 0.342. The minimum Gasteiger partial charge on any atom is -0.480 e. The van der Waals surface area contributed by atoms with Crippen molar-refractivity contribution in [2.24, 2.45) is 5.73 Å². The van der Waals surface area contributed by atoms with Gasteiger partial charge in [0, 0.05) is 24.2 Å². The molecule has 0 radical (unpaired) electrons. The number of fused-ring (bicyclic) bond motifs is 2. The van der Waals surface area contributed by atoms with Crippen LogP contribution >= 0.6 is 0 Å². The third kappa shape index (κ3) is 12.5. The number of nitrogens with one attached hydrogen (secondary N) is 2. The number of carboxylic acids is 3. The molecule has 2 heterocycles. The summed E-state index contributed by atoms with van der Waals surface area (Å²) in [7, 11) is 0. The number of ether oxygens (including phenoxy) is 1. The van der Waals surface area contributed by atoms with Crippen LogP contribution in [0.25, 0.3) is 0 Å². The van der Waals surface area contributed by atoms with Crippen LogP contribution in [0.2, 0.25) is 0 Å². The molecule has 2 aliphatic rings. The highest BCUT2D eigenvalue weighted by Crippen LogP contribution is 2.34. The standard InChI is InChI=1S/C21H22N2O5.C15H18F3N3O2.C2H2O4/c1-2-16(22-21(27)28-13-14-8-4-3-5-9-14)19(24)23-17-11-7-6-10-15(17)12-18(23)20(25)26;1-2-10(19)14(23)21-11-6-4-3-5-9(11)7-12(21)13(22)20-8-15(16,17)18;3-1(4)2(5)6/h3-11,16,18H,2,12-13H2,1H3,(H,22,27)(H,25,26);3-6,10,12H,2,7-8,19H2,1H3,(H,20,22);(H,3,4)(H,5,6)/t16-,18-;10-,12-;/m00./s1. The van der Waals surface area contributed by atoms with Gasteiger partial charge in [0.15, 0.2) is 0 Å². The number of carbonyl (C=O) groups is 7. The van der Waals surface area contributed by atoms with E-state index in [9.17, 15) is 42.3 Å². The van der Waals surface area contributed by atoms with Gasteiger partial charge >= 0.3 is 30.2 Å². The first kappa shape index (κ1) is 44.9. The van der Waals surface area contributed by atoms with E-state index in [1.165, 1.54) is 9.80 Å². The van der Waals surface area contributed by atoms with Crippen molar-refractivity contribution in [1.82, 2.24) is 10.6 Å². The van der Waals surface area contributed by atoms with Gasteiger partial charge in [0.2, 0.25) is 11.8 Å². The van der Waals surface area contributed by atoms with Crippen LogP contribution in [0.15, 0.2) is 78.9 Å². The van der Waals surface area contributed by atoms with Crippen LogP contribution in [0.5, 0.6) is 0 Å². The number of alkyl halides is 3. The van der Waals surface area contributed by atoms with Crippen molar-refractivity contribution in [3.8, 4) is 0 Å². The molecule has 0 bridgehead atoms. The molecular weight excluding hydrogens is 759 g/mol. The van der Waals surface area contributed by atoms with Crippen molar-refractivity contribution >= 4 is 53.1 Å². The highest BCUT2D eigenvalue weighted by atomic mass is 19.4. The third-order valence-electron chi connectivity index (χ3n) is 8.63. The zero-order valence-corrected chi connectivity index (χ0v) is 30.8. The molecule has 0 aromatic heterocycles. The lowest BCUT2D eigenvalue weighted by molar-refractivity contribution is -0.159. The van der Waals surface area contributed by atoms with Crippen LogP contribution in [-0.4, -0.2) is 93.9 Å². The normalized spacial score (nSPS) is 16.2. The van der Waals surface area contributed by atoms with E-state index >= 15 is 0 Å². The first-order valence-electron chi connectivity index (χ1n) is 17.5. The summed E-state index contributed by atoms with van der Waals surface area (Å²) in [4.78, 5) is 82.2. The SMILES string of the molecule is CC[C@H](N)C(=O)N1c2ccccc2C[C@H]1C(=O)NCC(F)(F)F.CC[C@H](NC(=O)OCc1ccccc1)C(=O)N1c2ccccc2C[C@H]1C(=O)O.O=C(O)C(=O)O. The molecule has 16 nitrogen and oxygen atoms in total. The highest BCUT2D eigenvalue weighted by Gasteiger charge is 2.42. The summed E-state index contributed by atoms with van der Waals surface area (Å²) < 4.78 is 42.0. The Hall–Kier alpha value is -6.50. The summed E-state index contributed by atoms with van der Waals surface area (Å²) in [6.07, 6.45) is -4.13. The lowest BCUT2D eigenvalue weighted by atomic mass is 10.1. The van der Waals surface area contributed by atoms with Crippen LogP contribution in [0, 0.1) is 0 Å². The molecule has 2 aliphatic heterocycles. The molecule has 0 fully saturated rings. The molecule has 0 spiro atoms. The lowest BCUT2D eigenvalue weighted by Crippen LogP contribution is -2.53. The van der Waals surface area contributed by atoms with E-state index in [-0.39, 0.29) is 19.4 Å². The molecule has 5 rings (SSSR count). The Labute approximate surface area is 324 Å². The molecule has 57 heavy (non-hydrogen) atoms. The van der Waals surface area contributed by atoms with Gasteiger partial charge in [-0.05, 0) is 41.7 Å². The number of hydrogen-bond acceptors (Lipinski definition) is 9. The summed E-state index contributed by atoms with van der Waals surface area (Å²) in [5, 5.41) is 28.7. The summed E-state index contributed by atoms with van der Waals surface area (Å²) in [6, 6.07) is 19.4. The number of carbonyl (C=O) groups excluding carboxylic acids is 4. The Morgan fingerprint density at radius 3 is 1.72 bits per heavy atom. The van der Waals surface area contributed by atoms with Gasteiger partial charge < -0.3 is 36.4 Å². The molecule has 4 amide bonds. The van der Waals surface area contributed by atoms with E-state index < -0.39 is 78.6 Å². The van der Waals surface area contributed by atoms with Gasteiger partial charge in [-0.3, -0.25) is 24.2 Å². The third-order valence-corrected chi connectivity index (χ3v) is 8.63. The zero-order valence-electron chi connectivity index (χ0n) is 30.8. The number of nitrogens with two attached hydrogens (primary N) is 1. The minimum atomic E-state index is -4.50. The topological polar surface area (TPSA) is 246 Å². The molecule has 306 valence electrons. The number of amides is 4. The van der Waals surface area contributed by atoms with Gasteiger partial charge in [-0.1, -0.05) is 80.6 Å². The van der Waals surface area contributed by atoms with Gasteiger partial charge in [-0.15, -0.1) is 0 Å². The van der Waals surface area contributed by atoms with Crippen LogP contribution in [0.1, 0.15) is 43.4 Å². The summed E-state index contributed by atoms with van der Waals surface area (Å²) in [5.74, 6) is -6.49. The molecule has 7 N–H and O–H groups in total. The predicted molar refractivity (Wildman–Crippen MR) is 197 cm³/mol. The zero-order chi connectivity index (χ0) is 42.4. The maximum Gasteiger partial charge on any atom is 0.414 e. The lowest BCUT2D eigenvalue weighted by Gasteiger charge is -2.27. The quantitative estimate of drug-likeness (QED) is 0.162. The molecule has 0 saturated carbocycles. The molecule has 3 aromatic rings. The number of hydrogen-bond donors (Lipinski definition) is 6. The average Bonchev–Trinajstić information content (AvgIpc) is 3.78. The van der Waals surface area contributed by atoms with E-state index in [4.69, 9.17) is 30.3 Å². The van der Waals surface area contributed by atoms with Crippen molar-refractivity contribution < 1.29 is 66.8 Å². The van der Waals surface area contributed by atoms with Gasteiger partial charge in [0.05, 0.1) is 6.04 Å². The number of alkyl carbamates (subject to hydrolysis) is 1. The van der Waals surface area contributed by atoms with E-state index in [1.54, 1.807) is 56.3 Å². The number of para-hydroxylation sites is 2. The Bertz CT molecular complexity index is 1920. The fourth-order valence-electron chi connectivity index (χ4n) is 5.80. The average molecular weight is 802 g/mol. The summed E-state index contributed by atoms with van der Waals surface area (Å²) in [5.41, 5.74) is 9.20. The molecule has 0 saturated heterocycles. The summed E-state index contributed by atoms with van der Waals surface area (Å²) >= 11 is 0. The first-order chi connectivity index (χ1) is 26.9. The molecule has 19 heteroatoms. The number of carboxylic acid groups (broad SMARTS) is 3. The van der Waals surface area contributed by atoms with Gasteiger partial charge in [-0.2, -0.15) is 13.2 Å². The Kier molecular flexibility index (Phi) is 16.1. The van der Waals surface area contributed by atoms with E-state index in [2.05, 4.69) is 5.32 Å². The Balaban J connectivity index is 0.000000271. The maximum atomic E-state index is 13.1. The van der Waals surface area contributed by atoms with Crippen molar-refractivity contribution in [3.63, 3.8) is 0 Å². The van der Waals surface area contributed by atoms with E-state index in [0.717, 1.165) is 16.7 Å². The van der Waals surface area contributed by atoms with Crippen LogP contribution in [0.3, 0.4) is 0 Å². The largest absolute Gasteiger partial charge is 0.480 e. The van der Waals surface area contributed by atoms with Crippen LogP contribution in [0.4, 0.5) is 29.3 Å². The molecule has 4 atom stereocenters. The van der Waals surface area contributed by atoms with Gasteiger partial charge in [0.1, 0.15) is 31.3 Å². The molecule has 0 aliphatic carbocycles. The van der Waals surface area contributed by atoms with Crippen molar-refractivity contribution in [1.29, 1.82) is 0 Å². The fourth-order valence-corrected chi connectivity index (χ4v) is 5.80. The van der Waals surface area contributed by atoms with E-state index in [1.807, 2.05) is 41.7 Å². The number of rotatable bonds is 10. The number of anilines is 2. The highest BCUT2D eigenvalue weighted by molar-refractivity contribution is 6.27. The van der Waals surface area contributed by atoms with Crippen molar-refractivity contribution in [2.45, 2.75) is 76.5 Å². The molecular formula is C38H42F3N5O11. The number of halogens is 3. The summed E-state index contributed by atoms with van der Waals surface area (Å²) in [6.45, 7) is 2.13. The van der Waals surface area contributed by atoms with Gasteiger partial charge in [-0.25, -0.2) is 19.2 Å². The smallest absolute Gasteiger partial charge is 0.414 e. The van der Waals surface area contributed by atoms with E-state index in [0.29, 0.717) is 24.2 Å². The molecule has 3 aromatic carbocycles. The predicted octanol–water partition coefficient (Wildman–Crippen LogP) is 3.25. The van der Waals surface area contributed by atoms with Gasteiger partial charge in [0.25, 0.3) is 5.91 Å². The van der Waals surface area contributed by atoms with Crippen molar-refractivity contribution in [2.75, 3.05) is 16.3 Å². The number of aliphatic carboxylic acids is 3. The second-order valence-corrected chi connectivity index (χ2v) is 12.6. The van der Waals surface area contributed by atoms with Crippen LogP contribution in [-0.2, 0) is 53.0 Å². The Morgan fingerprint density at radius 1 is 0.754 bits per heavy atom. The number of nitrogens with zero attached hydrogens (tertiary/aromatic N) is 2. The second-order valence-electron chi connectivity index (χ2n) is 12.6. The maximum absolute atomic E-state index is 13.1. The number of benzene rings is 3. The second kappa shape index (κ2) is 20.4. The monoisotopic (exact) mass is 801 g/mol. The Morgan fingerprint density at radius 2 is 1.25 bits per heavy atom. The van der Waals surface area contributed by atoms with Crippen LogP contribution < -0.4 is 26.2 Å². The minimum absolute atomic E-state index is 0.0849.